The second-order valence-corrected chi connectivity index (χ2v) is 8.27. The van der Waals surface area contributed by atoms with Crippen molar-refractivity contribution in [1.82, 2.24) is 14.8 Å². The minimum Gasteiger partial charge on any atom is -0.325 e. The number of anilines is 1. The van der Waals surface area contributed by atoms with E-state index in [1.54, 1.807) is 24.6 Å². The van der Waals surface area contributed by atoms with E-state index in [0.29, 0.717) is 11.7 Å². The number of hydrogen-bond acceptors (Lipinski definition) is 5. The number of carbonyl (C=O) groups is 1. The third-order valence-electron chi connectivity index (χ3n) is 3.90. The first kappa shape index (κ1) is 20.4. The first-order chi connectivity index (χ1) is 13.3. The molecule has 2 heterocycles. The summed E-state index contributed by atoms with van der Waals surface area (Å²) in [4.78, 5) is 13.6. The van der Waals surface area contributed by atoms with Crippen LogP contribution in [0.5, 0.6) is 0 Å². The number of rotatable bonds is 7. The van der Waals surface area contributed by atoms with E-state index in [4.69, 9.17) is 0 Å². The Hall–Kier alpha value is -2.33. The summed E-state index contributed by atoms with van der Waals surface area (Å²) in [6, 6.07) is 8.93. The fraction of sp³-hybridized carbons (Fsp3) is 0.278. The second-order valence-electron chi connectivity index (χ2n) is 5.93. The molecule has 2 aromatic heterocycles. The van der Waals surface area contributed by atoms with Crippen LogP contribution in [0.3, 0.4) is 0 Å². The number of benzene rings is 1. The summed E-state index contributed by atoms with van der Waals surface area (Å²) < 4.78 is 41.1. The van der Waals surface area contributed by atoms with E-state index in [9.17, 15) is 18.0 Å². The zero-order chi connectivity index (χ0) is 20.1. The highest BCUT2D eigenvalue weighted by Gasteiger charge is 2.34. The number of nitrogens with zero attached hydrogens (tertiary/aromatic N) is 3. The van der Waals surface area contributed by atoms with Crippen molar-refractivity contribution in [3.63, 3.8) is 0 Å². The van der Waals surface area contributed by atoms with Crippen molar-refractivity contribution >= 4 is 34.7 Å². The monoisotopic (exact) mass is 426 g/mol. The summed E-state index contributed by atoms with van der Waals surface area (Å²) in [5.74, 6) is -0.533. The topological polar surface area (TPSA) is 59.8 Å². The third kappa shape index (κ3) is 5.14. The maximum atomic E-state index is 13.1. The number of para-hydroxylation sites is 1. The smallest absolute Gasteiger partial charge is 0.325 e. The summed E-state index contributed by atoms with van der Waals surface area (Å²) in [5, 5.41) is 12.2. The summed E-state index contributed by atoms with van der Waals surface area (Å²) in [6.07, 6.45) is -2.15. The Morgan fingerprint density at radius 1 is 1.29 bits per heavy atom. The SMILES string of the molecule is CC(Sc1nncn1CCc1cccs1)C(=O)Nc1ccccc1C(F)(F)F. The van der Waals surface area contributed by atoms with Crippen LogP contribution >= 0.6 is 23.1 Å². The summed E-state index contributed by atoms with van der Waals surface area (Å²) in [5.41, 5.74) is -1.13. The van der Waals surface area contributed by atoms with Gasteiger partial charge < -0.3 is 9.88 Å². The van der Waals surface area contributed by atoms with Gasteiger partial charge in [0.1, 0.15) is 6.33 Å². The fourth-order valence-electron chi connectivity index (χ4n) is 2.46. The predicted octanol–water partition coefficient (Wildman–Crippen LogP) is 4.72. The van der Waals surface area contributed by atoms with E-state index < -0.39 is 22.9 Å². The van der Waals surface area contributed by atoms with Crippen LogP contribution in [-0.2, 0) is 23.9 Å². The lowest BCUT2D eigenvalue weighted by molar-refractivity contribution is -0.137. The molecule has 0 fully saturated rings. The van der Waals surface area contributed by atoms with Gasteiger partial charge in [-0.15, -0.1) is 21.5 Å². The van der Waals surface area contributed by atoms with Crippen molar-refractivity contribution in [3.8, 4) is 0 Å². The summed E-state index contributed by atoms with van der Waals surface area (Å²) in [6.45, 7) is 2.27. The average molecular weight is 426 g/mol. The van der Waals surface area contributed by atoms with Crippen molar-refractivity contribution in [3.05, 3.63) is 58.5 Å². The maximum Gasteiger partial charge on any atom is 0.418 e. The van der Waals surface area contributed by atoms with Crippen LogP contribution in [0.25, 0.3) is 0 Å². The van der Waals surface area contributed by atoms with Gasteiger partial charge in [-0.05, 0) is 36.9 Å². The second kappa shape index (κ2) is 8.78. The number of amides is 1. The highest BCUT2D eigenvalue weighted by molar-refractivity contribution is 8.00. The molecule has 1 amide bonds. The Labute approximate surface area is 168 Å². The lowest BCUT2D eigenvalue weighted by atomic mass is 10.1. The van der Waals surface area contributed by atoms with Crippen LogP contribution < -0.4 is 5.32 Å². The van der Waals surface area contributed by atoms with Crippen LogP contribution in [0, 0.1) is 0 Å². The largest absolute Gasteiger partial charge is 0.418 e. The quantitative estimate of drug-likeness (QED) is 0.556. The number of alkyl halides is 3. The van der Waals surface area contributed by atoms with Crippen LogP contribution in [0.15, 0.2) is 53.3 Å². The number of thiophene rings is 1. The Bertz CT molecular complexity index is 925. The Kier molecular flexibility index (Phi) is 6.40. The van der Waals surface area contributed by atoms with Gasteiger partial charge >= 0.3 is 6.18 Å². The molecule has 1 N–H and O–H groups in total. The highest BCUT2D eigenvalue weighted by atomic mass is 32.2. The van der Waals surface area contributed by atoms with E-state index in [0.717, 1.165) is 24.2 Å². The number of hydrogen-bond donors (Lipinski definition) is 1. The average Bonchev–Trinajstić information content (AvgIpc) is 3.31. The molecule has 0 aliphatic rings. The standard InChI is InChI=1S/C18H17F3N4OS2/c1-12(16(26)23-15-7-3-2-6-14(15)18(19,20)21)28-17-24-22-11-25(17)9-8-13-5-4-10-27-13/h2-7,10-12H,8-9H2,1H3,(H,23,26). The lowest BCUT2D eigenvalue weighted by Crippen LogP contribution is -2.24. The number of aryl methyl sites for hydroxylation is 2. The van der Waals surface area contributed by atoms with Crippen LogP contribution in [0.1, 0.15) is 17.4 Å². The first-order valence-corrected chi connectivity index (χ1v) is 10.1. The van der Waals surface area contributed by atoms with Crippen molar-refractivity contribution < 1.29 is 18.0 Å². The van der Waals surface area contributed by atoms with Gasteiger partial charge in [0, 0.05) is 11.4 Å². The van der Waals surface area contributed by atoms with E-state index in [-0.39, 0.29) is 5.69 Å². The molecule has 28 heavy (non-hydrogen) atoms. The van der Waals surface area contributed by atoms with Crippen LogP contribution in [0.2, 0.25) is 0 Å². The molecule has 3 aromatic rings. The highest BCUT2D eigenvalue weighted by Crippen LogP contribution is 2.35. The number of aromatic nitrogens is 3. The molecule has 5 nitrogen and oxygen atoms in total. The van der Waals surface area contributed by atoms with E-state index in [1.165, 1.54) is 23.1 Å². The first-order valence-electron chi connectivity index (χ1n) is 8.38. The molecule has 0 radical (unpaired) electrons. The number of halogens is 3. The van der Waals surface area contributed by atoms with Gasteiger partial charge in [0.2, 0.25) is 5.91 Å². The molecule has 0 spiro atoms. The third-order valence-corrected chi connectivity index (χ3v) is 5.93. The summed E-state index contributed by atoms with van der Waals surface area (Å²) in [7, 11) is 0. The molecule has 1 aromatic carbocycles. The molecule has 148 valence electrons. The molecule has 0 saturated carbocycles. The predicted molar refractivity (Wildman–Crippen MR) is 103 cm³/mol. The van der Waals surface area contributed by atoms with Crippen LogP contribution in [0.4, 0.5) is 18.9 Å². The van der Waals surface area contributed by atoms with Gasteiger partial charge in [-0.25, -0.2) is 0 Å². The minimum atomic E-state index is -4.54. The van der Waals surface area contributed by atoms with Gasteiger partial charge in [0.05, 0.1) is 16.5 Å². The minimum absolute atomic E-state index is 0.258. The molecule has 0 bridgehead atoms. The number of thioether (sulfide) groups is 1. The number of nitrogens with one attached hydrogen (secondary N) is 1. The summed E-state index contributed by atoms with van der Waals surface area (Å²) >= 11 is 2.81. The Morgan fingerprint density at radius 3 is 2.79 bits per heavy atom. The van der Waals surface area contributed by atoms with Crippen molar-refractivity contribution in [2.24, 2.45) is 0 Å². The number of carbonyl (C=O) groups excluding carboxylic acids is 1. The van der Waals surface area contributed by atoms with E-state index in [1.807, 2.05) is 22.1 Å². The molecular weight excluding hydrogens is 409 g/mol. The zero-order valence-corrected chi connectivity index (χ0v) is 16.4. The lowest BCUT2D eigenvalue weighted by Gasteiger charge is -2.16. The van der Waals surface area contributed by atoms with E-state index in [2.05, 4.69) is 15.5 Å². The van der Waals surface area contributed by atoms with Gasteiger partial charge in [-0.2, -0.15) is 13.2 Å². The van der Waals surface area contributed by atoms with Crippen molar-refractivity contribution in [1.29, 1.82) is 0 Å². The van der Waals surface area contributed by atoms with Gasteiger partial charge in [-0.3, -0.25) is 4.79 Å². The van der Waals surface area contributed by atoms with Gasteiger partial charge in [-0.1, -0.05) is 30.0 Å². The zero-order valence-electron chi connectivity index (χ0n) is 14.8. The Morgan fingerprint density at radius 2 is 2.07 bits per heavy atom. The van der Waals surface area contributed by atoms with E-state index >= 15 is 0 Å². The maximum absolute atomic E-state index is 13.1. The molecule has 0 saturated heterocycles. The molecular formula is C18H17F3N4OS2. The molecule has 1 unspecified atom stereocenters. The Balaban J connectivity index is 1.63. The van der Waals surface area contributed by atoms with Crippen molar-refractivity contribution in [2.45, 2.75) is 36.5 Å². The molecule has 1 atom stereocenters. The molecule has 10 heteroatoms. The normalized spacial score (nSPS) is 12.7. The van der Waals surface area contributed by atoms with Crippen molar-refractivity contribution in [2.75, 3.05) is 5.32 Å². The fourth-order valence-corrected chi connectivity index (χ4v) is 4.01. The molecule has 3 rings (SSSR count). The molecule has 0 aliphatic carbocycles. The van der Waals surface area contributed by atoms with Gasteiger partial charge in [0.25, 0.3) is 0 Å². The van der Waals surface area contributed by atoms with Gasteiger partial charge in [0.15, 0.2) is 5.16 Å². The van der Waals surface area contributed by atoms with Crippen LogP contribution in [-0.4, -0.2) is 25.9 Å². The molecule has 0 aliphatic heterocycles.